The molecule has 2 aliphatic carbocycles. The van der Waals surface area contributed by atoms with Gasteiger partial charge in [0.1, 0.15) is 0 Å². The molecule has 0 spiro atoms. The third kappa shape index (κ3) is 3.74. The maximum atomic E-state index is 11.5. The summed E-state index contributed by atoms with van der Waals surface area (Å²) in [6.45, 7) is 0.788. The van der Waals surface area contributed by atoms with Crippen LogP contribution in [0, 0.1) is 0 Å². The molecule has 0 bridgehead atoms. The van der Waals surface area contributed by atoms with E-state index < -0.39 is 0 Å². The van der Waals surface area contributed by atoms with Gasteiger partial charge in [-0.3, -0.25) is 4.79 Å². The molecule has 0 radical (unpaired) electrons. The second-order valence-electron chi connectivity index (χ2n) is 5.96. The van der Waals surface area contributed by atoms with Crippen molar-refractivity contribution in [1.82, 2.24) is 10.6 Å². The van der Waals surface area contributed by atoms with E-state index in [1.54, 1.807) is 0 Å². The van der Waals surface area contributed by atoms with E-state index in [1.165, 1.54) is 5.56 Å². The average molecular weight is 293 g/mol. The van der Waals surface area contributed by atoms with Gasteiger partial charge in [-0.2, -0.15) is 0 Å². The molecule has 108 valence electrons. The van der Waals surface area contributed by atoms with Crippen molar-refractivity contribution in [3.63, 3.8) is 0 Å². The van der Waals surface area contributed by atoms with Crippen LogP contribution >= 0.6 is 11.6 Å². The first-order chi connectivity index (χ1) is 9.70. The Morgan fingerprint density at radius 2 is 1.85 bits per heavy atom. The van der Waals surface area contributed by atoms with Crippen LogP contribution in [0.3, 0.4) is 0 Å². The fraction of sp³-hybridized carbons (Fsp3) is 0.562. The van der Waals surface area contributed by atoms with E-state index in [0.29, 0.717) is 24.4 Å². The summed E-state index contributed by atoms with van der Waals surface area (Å²) in [6.07, 6.45) is 5.23. The molecule has 2 fully saturated rings. The fourth-order valence-corrected chi connectivity index (χ4v) is 2.83. The maximum Gasteiger partial charge on any atom is 0.221 e. The summed E-state index contributed by atoms with van der Waals surface area (Å²) < 4.78 is 0. The molecule has 3 nitrogen and oxygen atoms in total. The van der Waals surface area contributed by atoms with Gasteiger partial charge in [0.15, 0.2) is 0 Å². The highest BCUT2D eigenvalue weighted by molar-refractivity contribution is 6.30. The van der Waals surface area contributed by atoms with Gasteiger partial charge in [-0.25, -0.2) is 0 Å². The van der Waals surface area contributed by atoms with Crippen LogP contribution in [-0.4, -0.2) is 24.5 Å². The lowest BCUT2D eigenvalue weighted by Gasteiger charge is -2.36. The van der Waals surface area contributed by atoms with Crippen LogP contribution in [0.25, 0.3) is 0 Å². The van der Waals surface area contributed by atoms with Crippen molar-refractivity contribution < 1.29 is 4.79 Å². The van der Waals surface area contributed by atoms with Crippen LogP contribution in [0.15, 0.2) is 24.3 Å². The van der Waals surface area contributed by atoms with Gasteiger partial charge in [-0.1, -0.05) is 23.7 Å². The van der Waals surface area contributed by atoms with Crippen LogP contribution in [0.1, 0.15) is 43.6 Å². The quantitative estimate of drug-likeness (QED) is 0.846. The van der Waals surface area contributed by atoms with Gasteiger partial charge in [0.25, 0.3) is 0 Å². The summed E-state index contributed by atoms with van der Waals surface area (Å²) in [5.74, 6) is 0.832. The highest BCUT2D eigenvalue weighted by Gasteiger charge is 2.30. The predicted octanol–water partition coefficient (Wildman–Crippen LogP) is 2.84. The third-order valence-corrected chi connectivity index (χ3v) is 4.46. The Bertz CT molecular complexity index is 464. The first-order valence-corrected chi connectivity index (χ1v) is 7.87. The molecule has 1 aromatic rings. The SMILES string of the molecule is O=C(CCNC1CC(c2ccc(Cl)cc2)C1)NC1CC1. The summed E-state index contributed by atoms with van der Waals surface area (Å²) in [6, 6.07) is 9.18. The van der Waals surface area contributed by atoms with Crippen LogP contribution < -0.4 is 10.6 Å². The molecule has 1 aromatic carbocycles. The predicted molar refractivity (Wildman–Crippen MR) is 81.0 cm³/mol. The van der Waals surface area contributed by atoms with Gasteiger partial charge in [0.2, 0.25) is 5.91 Å². The van der Waals surface area contributed by atoms with Crippen molar-refractivity contribution in [2.24, 2.45) is 0 Å². The molecule has 0 unspecified atom stereocenters. The van der Waals surface area contributed by atoms with Crippen LogP contribution in [0.4, 0.5) is 0 Å². The van der Waals surface area contributed by atoms with Crippen molar-refractivity contribution in [1.29, 1.82) is 0 Å². The van der Waals surface area contributed by atoms with E-state index in [-0.39, 0.29) is 5.91 Å². The summed E-state index contributed by atoms with van der Waals surface area (Å²) in [7, 11) is 0. The molecule has 2 aliphatic rings. The molecule has 0 aliphatic heterocycles. The fourth-order valence-electron chi connectivity index (χ4n) is 2.71. The highest BCUT2D eigenvalue weighted by atomic mass is 35.5. The number of benzene rings is 1. The Morgan fingerprint density at radius 3 is 2.50 bits per heavy atom. The smallest absolute Gasteiger partial charge is 0.221 e. The largest absolute Gasteiger partial charge is 0.353 e. The van der Waals surface area contributed by atoms with Gasteiger partial charge < -0.3 is 10.6 Å². The van der Waals surface area contributed by atoms with E-state index in [0.717, 1.165) is 37.3 Å². The second kappa shape index (κ2) is 6.15. The van der Waals surface area contributed by atoms with E-state index in [4.69, 9.17) is 11.6 Å². The number of hydrogen-bond donors (Lipinski definition) is 2. The van der Waals surface area contributed by atoms with Gasteiger partial charge in [0, 0.05) is 30.1 Å². The van der Waals surface area contributed by atoms with Crippen molar-refractivity contribution in [2.75, 3.05) is 6.54 Å². The monoisotopic (exact) mass is 292 g/mol. The molecule has 0 aromatic heterocycles. The minimum atomic E-state index is 0.188. The van der Waals surface area contributed by atoms with Gasteiger partial charge in [0.05, 0.1) is 0 Å². The first kappa shape index (κ1) is 13.9. The number of carbonyl (C=O) groups excluding carboxylic acids is 1. The number of halogens is 1. The number of amides is 1. The highest BCUT2D eigenvalue weighted by Crippen LogP contribution is 2.37. The lowest BCUT2D eigenvalue weighted by atomic mass is 9.76. The summed E-state index contributed by atoms with van der Waals surface area (Å²) in [5.41, 5.74) is 1.37. The van der Waals surface area contributed by atoms with Crippen LogP contribution in [0.5, 0.6) is 0 Å². The topological polar surface area (TPSA) is 41.1 Å². The Kier molecular flexibility index (Phi) is 4.27. The maximum absolute atomic E-state index is 11.5. The number of rotatable bonds is 6. The standard InChI is InChI=1S/C16H21ClN2O/c17-13-3-1-11(2-4-13)12-9-15(10-12)18-8-7-16(20)19-14-5-6-14/h1-4,12,14-15,18H,5-10H2,(H,19,20). The summed E-state index contributed by atoms with van der Waals surface area (Å²) >= 11 is 5.89. The van der Waals surface area contributed by atoms with Crippen LogP contribution in [0.2, 0.25) is 5.02 Å². The first-order valence-electron chi connectivity index (χ1n) is 7.49. The van der Waals surface area contributed by atoms with Crippen LogP contribution in [-0.2, 0) is 4.79 Å². The van der Waals surface area contributed by atoms with Gasteiger partial charge in [-0.05, 0) is 49.3 Å². The molecular formula is C16H21ClN2O. The minimum Gasteiger partial charge on any atom is -0.353 e. The molecule has 2 saturated carbocycles. The lowest BCUT2D eigenvalue weighted by molar-refractivity contribution is -0.121. The van der Waals surface area contributed by atoms with E-state index in [1.807, 2.05) is 12.1 Å². The molecule has 20 heavy (non-hydrogen) atoms. The second-order valence-corrected chi connectivity index (χ2v) is 6.40. The molecule has 2 N–H and O–H groups in total. The molecular weight excluding hydrogens is 272 g/mol. The lowest BCUT2D eigenvalue weighted by Crippen LogP contribution is -2.41. The number of nitrogens with one attached hydrogen (secondary N) is 2. The third-order valence-electron chi connectivity index (χ3n) is 4.21. The van der Waals surface area contributed by atoms with Crippen molar-refractivity contribution in [2.45, 2.75) is 50.1 Å². The van der Waals surface area contributed by atoms with E-state index >= 15 is 0 Å². The number of carbonyl (C=O) groups is 1. The van der Waals surface area contributed by atoms with Gasteiger partial charge in [-0.15, -0.1) is 0 Å². The molecule has 0 saturated heterocycles. The zero-order chi connectivity index (χ0) is 13.9. The van der Waals surface area contributed by atoms with E-state index in [2.05, 4.69) is 22.8 Å². The Morgan fingerprint density at radius 1 is 1.15 bits per heavy atom. The molecule has 0 heterocycles. The Hall–Kier alpha value is -1.06. The molecule has 0 atom stereocenters. The molecule has 1 amide bonds. The normalized spacial score (nSPS) is 25.1. The van der Waals surface area contributed by atoms with Crippen molar-refractivity contribution >= 4 is 17.5 Å². The van der Waals surface area contributed by atoms with Gasteiger partial charge >= 0.3 is 0 Å². The zero-order valence-electron chi connectivity index (χ0n) is 11.6. The molecule has 4 heteroatoms. The van der Waals surface area contributed by atoms with Crippen molar-refractivity contribution in [3.8, 4) is 0 Å². The number of hydrogen-bond acceptors (Lipinski definition) is 2. The molecule has 3 rings (SSSR count). The zero-order valence-corrected chi connectivity index (χ0v) is 12.3. The van der Waals surface area contributed by atoms with Crippen molar-refractivity contribution in [3.05, 3.63) is 34.9 Å². The Balaban J connectivity index is 1.31. The summed E-state index contributed by atoms with van der Waals surface area (Å²) in [4.78, 5) is 11.5. The average Bonchev–Trinajstić information content (AvgIpc) is 3.17. The minimum absolute atomic E-state index is 0.188. The Labute approximate surface area is 125 Å². The summed E-state index contributed by atoms with van der Waals surface area (Å²) in [5, 5.41) is 7.28. The van der Waals surface area contributed by atoms with E-state index in [9.17, 15) is 4.79 Å².